The highest BCUT2D eigenvalue weighted by Crippen LogP contribution is 2.32. The first-order valence-corrected chi connectivity index (χ1v) is 14.3. The number of hydrogen-bond acceptors (Lipinski definition) is 9. The smallest absolute Gasteiger partial charge is 0.336 e. The number of aliphatic hydroxyl groups excluding tert-OH is 1. The van der Waals surface area contributed by atoms with Crippen LogP contribution in [0.2, 0.25) is 0 Å². The van der Waals surface area contributed by atoms with Gasteiger partial charge in [0.15, 0.2) is 0 Å². The molecule has 3 aromatic carbocycles. The van der Waals surface area contributed by atoms with Crippen molar-refractivity contribution in [1.29, 1.82) is 0 Å². The van der Waals surface area contributed by atoms with Crippen LogP contribution >= 0.6 is 11.8 Å². The third-order valence-corrected chi connectivity index (χ3v) is 7.34. The standard InChI is InChI=1S/C32H35N3O6S/c1-20(2)30(39)41-31(40-29(38)16-12-21-11-15-27(36)24(17-21)32(3,4)5)28(37)19-35-33-25-14-13-23(18-26(25)34-35)42-22-9-7-6-8-10-22/h6-11,13-15,17-18,28,31,36-37H,1,12,16,19H2,2-5H3. The van der Waals surface area contributed by atoms with Crippen LogP contribution in [0.3, 0.4) is 0 Å². The van der Waals surface area contributed by atoms with Crippen LogP contribution in [0.4, 0.5) is 0 Å². The fourth-order valence-electron chi connectivity index (χ4n) is 4.12. The van der Waals surface area contributed by atoms with Crippen molar-refractivity contribution in [2.24, 2.45) is 0 Å². The Morgan fingerprint density at radius 1 is 0.976 bits per heavy atom. The summed E-state index contributed by atoms with van der Waals surface area (Å²) in [6.07, 6.45) is -2.74. The van der Waals surface area contributed by atoms with E-state index in [9.17, 15) is 19.8 Å². The average molecular weight is 590 g/mol. The molecule has 220 valence electrons. The van der Waals surface area contributed by atoms with Gasteiger partial charge in [-0.2, -0.15) is 15.0 Å². The molecule has 0 amide bonds. The molecular formula is C32H35N3O6S. The average Bonchev–Trinajstić information content (AvgIpc) is 3.33. The third-order valence-electron chi connectivity index (χ3n) is 6.34. The molecule has 0 spiro atoms. The van der Waals surface area contributed by atoms with Gasteiger partial charge in [0.25, 0.3) is 6.29 Å². The van der Waals surface area contributed by atoms with Crippen LogP contribution in [0.25, 0.3) is 11.0 Å². The summed E-state index contributed by atoms with van der Waals surface area (Å²) in [5.74, 6) is -1.28. The second-order valence-corrected chi connectivity index (χ2v) is 12.2. The van der Waals surface area contributed by atoms with E-state index in [2.05, 4.69) is 16.8 Å². The molecule has 0 saturated heterocycles. The summed E-state index contributed by atoms with van der Waals surface area (Å²) in [6.45, 7) is 10.8. The SMILES string of the molecule is C=C(C)C(=O)OC(OC(=O)CCc1ccc(O)c(C(C)(C)C)c1)C(O)Cn1nc2ccc(Sc3ccccc3)cc2n1. The van der Waals surface area contributed by atoms with Crippen molar-refractivity contribution >= 4 is 34.7 Å². The van der Waals surface area contributed by atoms with Crippen molar-refractivity contribution in [3.63, 3.8) is 0 Å². The van der Waals surface area contributed by atoms with E-state index >= 15 is 0 Å². The molecule has 0 saturated carbocycles. The summed E-state index contributed by atoms with van der Waals surface area (Å²) in [5.41, 5.74) is 2.66. The monoisotopic (exact) mass is 589 g/mol. The summed E-state index contributed by atoms with van der Waals surface area (Å²) < 4.78 is 10.7. The Hall–Kier alpha value is -4.15. The minimum absolute atomic E-state index is 0.0338. The number of nitrogens with zero attached hydrogens (tertiary/aromatic N) is 3. The number of rotatable bonds is 11. The number of ether oxygens (including phenoxy) is 2. The summed E-state index contributed by atoms with van der Waals surface area (Å²) in [6, 6.07) is 20.8. The molecule has 2 N–H and O–H groups in total. The predicted octanol–water partition coefficient (Wildman–Crippen LogP) is 5.57. The van der Waals surface area contributed by atoms with Gasteiger partial charge in [0.2, 0.25) is 0 Å². The number of hydrogen-bond donors (Lipinski definition) is 2. The van der Waals surface area contributed by atoms with Crippen LogP contribution in [0.15, 0.2) is 88.7 Å². The van der Waals surface area contributed by atoms with Crippen molar-refractivity contribution in [3.8, 4) is 5.75 Å². The van der Waals surface area contributed by atoms with E-state index in [0.29, 0.717) is 17.5 Å². The van der Waals surface area contributed by atoms with Gasteiger partial charge in [0.1, 0.15) is 22.9 Å². The van der Waals surface area contributed by atoms with E-state index < -0.39 is 24.3 Å². The summed E-state index contributed by atoms with van der Waals surface area (Å²) in [5, 5.41) is 30.0. The number of aliphatic hydroxyl groups is 1. The molecule has 10 heteroatoms. The molecule has 4 rings (SSSR count). The lowest BCUT2D eigenvalue weighted by molar-refractivity contribution is -0.206. The van der Waals surface area contributed by atoms with Gasteiger partial charge in [-0.05, 0) is 66.3 Å². The van der Waals surface area contributed by atoms with Gasteiger partial charge in [0, 0.05) is 21.8 Å². The highest BCUT2D eigenvalue weighted by molar-refractivity contribution is 7.99. The lowest BCUT2D eigenvalue weighted by Gasteiger charge is -2.23. The fourth-order valence-corrected chi connectivity index (χ4v) is 5.00. The highest BCUT2D eigenvalue weighted by atomic mass is 32.2. The number of esters is 2. The lowest BCUT2D eigenvalue weighted by atomic mass is 9.85. The maximum Gasteiger partial charge on any atom is 0.336 e. The molecule has 4 aromatic rings. The number of aromatic nitrogens is 3. The minimum Gasteiger partial charge on any atom is -0.508 e. The van der Waals surface area contributed by atoms with E-state index in [1.165, 1.54) is 11.7 Å². The Labute approximate surface area is 249 Å². The lowest BCUT2D eigenvalue weighted by Crippen LogP contribution is -2.39. The first-order chi connectivity index (χ1) is 19.9. The predicted molar refractivity (Wildman–Crippen MR) is 160 cm³/mol. The molecule has 2 atom stereocenters. The largest absolute Gasteiger partial charge is 0.508 e. The third kappa shape index (κ3) is 8.20. The Bertz CT molecular complexity index is 1580. The molecule has 1 aromatic heterocycles. The van der Waals surface area contributed by atoms with Crippen molar-refractivity contribution in [1.82, 2.24) is 15.0 Å². The second-order valence-electron chi connectivity index (χ2n) is 11.0. The Morgan fingerprint density at radius 3 is 2.38 bits per heavy atom. The molecule has 0 radical (unpaired) electrons. The molecule has 0 aliphatic carbocycles. The van der Waals surface area contributed by atoms with Gasteiger partial charge in [0.05, 0.1) is 6.54 Å². The van der Waals surface area contributed by atoms with Crippen LogP contribution in [0.5, 0.6) is 5.75 Å². The minimum atomic E-state index is -1.59. The molecule has 9 nitrogen and oxygen atoms in total. The summed E-state index contributed by atoms with van der Waals surface area (Å²) in [7, 11) is 0. The number of carbonyl (C=O) groups excluding carboxylic acids is 2. The van der Waals surface area contributed by atoms with Gasteiger partial charge >= 0.3 is 11.9 Å². The van der Waals surface area contributed by atoms with Gasteiger partial charge in [-0.15, -0.1) is 0 Å². The zero-order chi connectivity index (χ0) is 30.4. The molecule has 0 aliphatic heterocycles. The van der Waals surface area contributed by atoms with E-state index in [1.54, 1.807) is 23.9 Å². The Balaban J connectivity index is 1.43. The van der Waals surface area contributed by atoms with Crippen LogP contribution < -0.4 is 0 Å². The number of phenols is 1. The van der Waals surface area contributed by atoms with Gasteiger partial charge in [-0.1, -0.05) is 69.4 Å². The Morgan fingerprint density at radius 2 is 1.69 bits per heavy atom. The number of phenolic OH excluding ortho intramolecular Hbond substituents is 1. The van der Waals surface area contributed by atoms with Gasteiger partial charge in [-0.3, -0.25) is 4.79 Å². The summed E-state index contributed by atoms with van der Waals surface area (Å²) >= 11 is 1.59. The first kappa shape index (κ1) is 30.8. The van der Waals surface area contributed by atoms with Crippen molar-refractivity contribution in [2.45, 2.75) is 74.7 Å². The van der Waals surface area contributed by atoms with Crippen LogP contribution in [-0.2, 0) is 37.4 Å². The normalized spacial score (nSPS) is 13.0. The van der Waals surface area contributed by atoms with Gasteiger partial charge in [-0.25, -0.2) is 4.79 Å². The van der Waals surface area contributed by atoms with Gasteiger partial charge < -0.3 is 19.7 Å². The molecule has 0 fully saturated rings. The van der Waals surface area contributed by atoms with E-state index in [4.69, 9.17) is 9.47 Å². The number of aromatic hydroxyl groups is 1. The Kier molecular flexibility index (Phi) is 9.70. The first-order valence-electron chi connectivity index (χ1n) is 13.5. The zero-order valence-corrected chi connectivity index (χ0v) is 24.9. The molecule has 1 heterocycles. The van der Waals surface area contributed by atoms with E-state index in [0.717, 1.165) is 20.9 Å². The molecular weight excluding hydrogens is 554 g/mol. The molecule has 2 unspecified atom stereocenters. The van der Waals surface area contributed by atoms with Crippen LogP contribution in [-0.4, -0.2) is 49.5 Å². The van der Waals surface area contributed by atoms with E-state index in [1.807, 2.05) is 75.4 Å². The maximum atomic E-state index is 12.8. The van der Waals surface area contributed by atoms with Crippen LogP contribution in [0, 0.1) is 0 Å². The maximum absolute atomic E-state index is 12.8. The summed E-state index contributed by atoms with van der Waals surface area (Å²) in [4.78, 5) is 28.4. The van der Waals surface area contributed by atoms with Crippen molar-refractivity contribution in [2.75, 3.05) is 0 Å². The van der Waals surface area contributed by atoms with E-state index in [-0.39, 0.29) is 29.7 Å². The molecule has 0 aliphatic rings. The number of aryl methyl sites for hydroxylation is 1. The number of carbonyl (C=O) groups is 2. The highest BCUT2D eigenvalue weighted by Gasteiger charge is 2.29. The van der Waals surface area contributed by atoms with Crippen molar-refractivity contribution in [3.05, 3.63) is 90.0 Å². The fraction of sp³-hybridized carbons (Fsp3) is 0.312. The van der Waals surface area contributed by atoms with Crippen LogP contribution in [0.1, 0.15) is 45.2 Å². The number of fused-ring (bicyclic) bond motifs is 1. The second kappa shape index (κ2) is 13.2. The van der Waals surface area contributed by atoms with Crippen molar-refractivity contribution < 1.29 is 29.3 Å². The number of benzene rings is 3. The topological polar surface area (TPSA) is 124 Å². The molecule has 0 bridgehead atoms. The zero-order valence-electron chi connectivity index (χ0n) is 24.1. The quantitative estimate of drug-likeness (QED) is 0.131. The molecule has 42 heavy (non-hydrogen) atoms.